The number of hydrogen-bond acceptors (Lipinski definition) is 4. The van der Waals surface area contributed by atoms with Gasteiger partial charge in [-0.05, 0) is 24.3 Å². The van der Waals surface area contributed by atoms with Crippen LogP contribution in [-0.4, -0.2) is 26.1 Å². The lowest BCUT2D eigenvalue weighted by atomic mass is 10.2. The van der Waals surface area contributed by atoms with Crippen LogP contribution < -0.4 is 10.9 Å². The molecule has 0 aliphatic carbocycles. The van der Waals surface area contributed by atoms with E-state index in [0.717, 1.165) is 16.8 Å². The molecule has 2 heterocycles. The molecule has 136 valence electrons. The third kappa shape index (κ3) is 3.88. The summed E-state index contributed by atoms with van der Waals surface area (Å²) in [5, 5.41) is 10.8. The van der Waals surface area contributed by atoms with Crippen LogP contribution in [-0.2, 0) is 12.7 Å². The first kappa shape index (κ1) is 18.0. The summed E-state index contributed by atoms with van der Waals surface area (Å²) in [7, 11) is 0. The van der Waals surface area contributed by atoms with Gasteiger partial charge in [-0.2, -0.15) is 28.1 Å². The number of halogens is 4. The lowest BCUT2D eigenvalue weighted by Crippen LogP contribution is -2.23. The summed E-state index contributed by atoms with van der Waals surface area (Å²) in [5.41, 5.74) is -1.31. The number of hydrogen-bond donors (Lipinski definition) is 1. The minimum absolute atomic E-state index is 0.0187. The summed E-state index contributed by atoms with van der Waals surface area (Å²) >= 11 is 6.06. The third-order valence-corrected chi connectivity index (χ3v) is 3.92. The quantitative estimate of drug-likeness (QED) is 0.734. The van der Waals surface area contributed by atoms with Crippen molar-refractivity contribution >= 4 is 17.3 Å². The number of nitrogens with one attached hydrogen (secondary N) is 1. The Morgan fingerprint density at radius 3 is 2.69 bits per heavy atom. The van der Waals surface area contributed by atoms with Crippen molar-refractivity contribution in [2.75, 3.05) is 11.9 Å². The van der Waals surface area contributed by atoms with E-state index in [9.17, 15) is 18.0 Å². The van der Waals surface area contributed by atoms with Crippen LogP contribution in [0.3, 0.4) is 0 Å². The smallest absolute Gasteiger partial charge is 0.381 e. The van der Waals surface area contributed by atoms with E-state index in [-0.39, 0.29) is 10.7 Å². The maximum absolute atomic E-state index is 12.8. The Labute approximate surface area is 150 Å². The van der Waals surface area contributed by atoms with Gasteiger partial charge in [-0.3, -0.25) is 9.48 Å². The highest BCUT2D eigenvalue weighted by atomic mass is 35.5. The molecule has 10 heteroatoms. The Hall–Kier alpha value is -2.81. The molecule has 2 aromatic heterocycles. The molecular weight excluding hydrogens is 371 g/mol. The summed E-state index contributed by atoms with van der Waals surface area (Å²) in [5.74, 6) is 0. The molecule has 0 unspecified atom stereocenters. The molecule has 0 saturated heterocycles. The summed E-state index contributed by atoms with van der Waals surface area (Å²) in [6.45, 7) is 0.982. The van der Waals surface area contributed by atoms with E-state index in [1.807, 2.05) is 0 Å². The average molecular weight is 384 g/mol. The normalized spacial score (nSPS) is 11.5. The fraction of sp³-hybridized carbons (Fsp3) is 0.188. The van der Waals surface area contributed by atoms with Gasteiger partial charge in [0.15, 0.2) is 0 Å². The van der Waals surface area contributed by atoms with Crippen LogP contribution in [0.25, 0.3) is 5.69 Å². The Kier molecular flexibility index (Phi) is 4.99. The van der Waals surface area contributed by atoms with Crippen molar-refractivity contribution in [2.24, 2.45) is 0 Å². The Morgan fingerprint density at radius 2 is 2.00 bits per heavy atom. The standard InChI is InChI=1S/C16H13ClF3N5O/c17-14-13(21-6-8-24-7-2-5-22-24)10-23-25(15(14)26)12-4-1-3-11(9-12)16(18,19)20/h1-5,7,9-10,21H,6,8H2. The topological polar surface area (TPSA) is 64.7 Å². The third-order valence-electron chi connectivity index (χ3n) is 3.55. The van der Waals surface area contributed by atoms with Gasteiger partial charge in [0.2, 0.25) is 0 Å². The highest BCUT2D eigenvalue weighted by Gasteiger charge is 2.30. The van der Waals surface area contributed by atoms with Crippen molar-refractivity contribution in [1.82, 2.24) is 19.6 Å². The second kappa shape index (κ2) is 7.20. The average Bonchev–Trinajstić information content (AvgIpc) is 3.11. The first-order chi connectivity index (χ1) is 12.4. The van der Waals surface area contributed by atoms with Gasteiger partial charge in [-0.1, -0.05) is 17.7 Å². The maximum atomic E-state index is 12.8. The first-order valence-corrected chi connectivity index (χ1v) is 7.91. The Morgan fingerprint density at radius 1 is 1.19 bits per heavy atom. The summed E-state index contributed by atoms with van der Waals surface area (Å²) in [6.07, 6.45) is 0.211. The van der Waals surface area contributed by atoms with Gasteiger partial charge in [-0.25, -0.2) is 0 Å². The van der Waals surface area contributed by atoms with E-state index in [1.54, 1.807) is 23.1 Å². The summed E-state index contributed by atoms with van der Waals surface area (Å²) in [6, 6.07) is 6.10. The van der Waals surface area contributed by atoms with E-state index < -0.39 is 17.3 Å². The largest absolute Gasteiger partial charge is 0.416 e. The van der Waals surface area contributed by atoms with Crippen LogP contribution in [0.1, 0.15) is 5.56 Å². The van der Waals surface area contributed by atoms with Crippen LogP contribution >= 0.6 is 11.6 Å². The van der Waals surface area contributed by atoms with Gasteiger partial charge in [0.05, 0.1) is 29.7 Å². The molecule has 1 aromatic carbocycles. The van der Waals surface area contributed by atoms with Gasteiger partial charge >= 0.3 is 6.18 Å². The molecule has 0 fully saturated rings. The number of rotatable bonds is 5. The zero-order valence-electron chi connectivity index (χ0n) is 13.2. The minimum Gasteiger partial charge on any atom is -0.381 e. The highest BCUT2D eigenvalue weighted by Crippen LogP contribution is 2.30. The van der Waals surface area contributed by atoms with Crippen molar-refractivity contribution in [2.45, 2.75) is 12.7 Å². The molecule has 0 saturated carbocycles. The second-order valence-electron chi connectivity index (χ2n) is 5.33. The summed E-state index contributed by atoms with van der Waals surface area (Å²) < 4.78 is 41.0. The van der Waals surface area contributed by atoms with Gasteiger partial charge < -0.3 is 5.32 Å². The van der Waals surface area contributed by atoms with E-state index in [1.165, 1.54) is 18.3 Å². The molecule has 0 radical (unpaired) electrons. The SMILES string of the molecule is O=c1c(Cl)c(NCCn2cccn2)cnn1-c1cccc(C(F)(F)F)c1. The molecule has 0 amide bonds. The lowest BCUT2D eigenvalue weighted by Gasteiger charge is -2.12. The Bertz CT molecular complexity index is 953. The number of alkyl halides is 3. The molecule has 3 rings (SSSR count). The maximum Gasteiger partial charge on any atom is 0.416 e. The number of nitrogens with zero attached hydrogens (tertiary/aromatic N) is 4. The van der Waals surface area contributed by atoms with Gasteiger partial charge in [0.25, 0.3) is 5.56 Å². The van der Waals surface area contributed by atoms with Gasteiger partial charge in [0, 0.05) is 18.9 Å². The zero-order chi connectivity index (χ0) is 18.7. The fourth-order valence-corrected chi connectivity index (χ4v) is 2.49. The van der Waals surface area contributed by atoms with E-state index in [0.29, 0.717) is 18.8 Å². The van der Waals surface area contributed by atoms with Crippen LogP contribution in [0.5, 0.6) is 0 Å². The molecular formula is C16H13ClF3N5O. The molecule has 26 heavy (non-hydrogen) atoms. The van der Waals surface area contributed by atoms with Gasteiger partial charge in [-0.15, -0.1) is 0 Å². The molecule has 1 N–H and O–H groups in total. The predicted molar refractivity (Wildman–Crippen MR) is 90.6 cm³/mol. The molecule has 0 atom stereocenters. The number of aromatic nitrogens is 4. The van der Waals surface area contributed by atoms with Crippen molar-refractivity contribution in [3.63, 3.8) is 0 Å². The number of benzene rings is 1. The highest BCUT2D eigenvalue weighted by molar-refractivity contribution is 6.32. The van der Waals surface area contributed by atoms with Crippen molar-refractivity contribution < 1.29 is 13.2 Å². The fourth-order valence-electron chi connectivity index (χ4n) is 2.29. The van der Waals surface area contributed by atoms with Gasteiger partial charge in [0.1, 0.15) is 5.02 Å². The lowest BCUT2D eigenvalue weighted by molar-refractivity contribution is -0.137. The summed E-state index contributed by atoms with van der Waals surface area (Å²) in [4.78, 5) is 12.4. The van der Waals surface area contributed by atoms with Crippen molar-refractivity contribution in [3.05, 3.63) is 69.9 Å². The number of anilines is 1. The van der Waals surface area contributed by atoms with Crippen molar-refractivity contribution in [3.8, 4) is 5.69 Å². The predicted octanol–water partition coefficient (Wildman–Crippen LogP) is 3.21. The van der Waals surface area contributed by atoms with Crippen LogP contribution in [0.2, 0.25) is 5.02 Å². The molecule has 0 aliphatic heterocycles. The minimum atomic E-state index is -4.52. The van der Waals surface area contributed by atoms with Crippen LogP contribution in [0, 0.1) is 0 Å². The first-order valence-electron chi connectivity index (χ1n) is 7.53. The zero-order valence-corrected chi connectivity index (χ0v) is 14.0. The van der Waals surface area contributed by atoms with Crippen LogP contribution in [0.4, 0.5) is 18.9 Å². The molecule has 6 nitrogen and oxygen atoms in total. The van der Waals surface area contributed by atoms with Crippen LogP contribution in [0.15, 0.2) is 53.7 Å². The van der Waals surface area contributed by atoms with E-state index in [2.05, 4.69) is 15.5 Å². The molecule has 0 spiro atoms. The second-order valence-corrected chi connectivity index (χ2v) is 5.71. The Balaban J connectivity index is 1.82. The molecule has 3 aromatic rings. The monoisotopic (exact) mass is 383 g/mol. The van der Waals surface area contributed by atoms with E-state index >= 15 is 0 Å². The van der Waals surface area contributed by atoms with Crippen molar-refractivity contribution in [1.29, 1.82) is 0 Å². The van der Waals surface area contributed by atoms with E-state index in [4.69, 9.17) is 11.6 Å². The molecule has 0 bridgehead atoms. The molecule has 0 aliphatic rings.